The fourth-order valence-electron chi connectivity index (χ4n) is 4.10. The fraction of sp³-hybridized carbons (Fsp3) is 0.765. The van der Waals surface area contributed by atoms with Gasteiger partial charge in [0.05, 0.1) is 11.8 Å². The van der Waals surface area contributed by atoms with E-state index in [-0.39, 0.29) is 11.9 Å². The number of oxazole rings is 1. The Labute approximate surface area is 136 Å². The topological polar surface area (TPSA) is 67.6 Å². The third kappa shape index (κ3) is 3.02. The number of carbonyl (C=O) groups excluding carboxylic acids is 1. The van der Waals surface area contributed by atoms with E-state index < -0.39 is 0 Å². The number of hydrogen-bond donors (Lipinski definition) is 1. The van der Waals surface area contributed by atoms with Gasteiger partial charge in [-0.2, -0.15) is 0 Å². The first-order valence-corrected chi connectivity index (χ1v) is 8.77. The minimum atomic E-state index is -0.0937. The summed E-state index contributed by atoms with van der Waals surface area (Å²) in [6, 6.07) is 0.627. The Hall–Kier alpha value is -1.40. The summed E-state index contributed by atoms with van der Waals surface area (Å²) in [4.78, 5) is 19.3. The second-order valence-electron chi connectivity index (χ2n) is 7.06. The van der Waals surface area contributed by atoms with Crippen LogP contribution in [0.25, 0.3) is 0 Å². The zero-order chi connectivity index (χ0) is 15.8. The van der Waals surface area contributed by atoms with Gasteiger partial charge in [-0.1, -0.05) is 0 Å². The molecular formula is C17H25N3O3. The fourth-order valence-corrected chi connectivity index (χ4v) is 4.10. The SMILES string of the molecule is COC1CCN([C@H]2CCC[C@H]2NC(=O)c2ocnc2C2CC2)C1. The molecule has 4 rings (SSSR count). The molecule has 3 atom stereocenters. The van der Waals surface area contributed by atoms with Gasteiger partial charge in [0.25, 0.3) is 5.91 Å². The van der Waals surface area contributed by atoms with Gasteiger partial charge < -0.3 is 14.5 Å². The van der Waals surface area contributed by atoms with Crippen LogP contribution in [0.3, 0.4) is 0 Å². The van der Waals surface area contributed by atoms with Crippen molar-refractivity contribution in [3.63, 3.8) is 0 Å². The third-order valence-electron chi connectivity index (χ3n) is 5.54. The number of nitrogens with one attached hydrogen (secondary N) is 1. The molecule has 2 saturated carbocycles. The van der Waals surface area contributed by atoms with E-state index in [4.69, 9.17) is 9.15 Å². The highest BCUT2D eigenvalue weighted by Crippen LogP contribution is 2.40. The van der Waals surface area contributed by atoms with Gasteiger partial charge in [-0.25, -0.2) is 4.98 Å². The number of hydrogen-bond acceptors (Lipinski definition) is 5. The molecule has 0 bridgehead atoms. The van der Waals surface area contributed by atoms with Crippen LogP contribution in [0, 0.1) is 0 Å². The van der Waals surface area contributed by atoms with Crippen molar-refractivity contribution in [2.24, 2.45) is 0 Å². The maximum absolute atomic E-state index is 12.6. The highest BCUT2D eigenvalue weighted by Gasteiger charge is 2.38. The Morgan fingerprint density at radius 1 is 1.35 bits per heavy atom. The number of ether oxygens (including phenoxy) is 1. The van der Waals surface area contributed by atoms with Gasteiger partial charge in [-0.15, -0.1) is 0 Å². The summed E-state index contributed by atoms with van der Waals surface area (Å²) in [5.41, 5.74) is 0.845. The molecule has 1 saturated heterocycles. The predicted octanol–water partition coefficient (Wildman–Crippen LogP) is 1.92. The molecule has 3 aliphatic rings. The number of likely N-dealkylation sites (tertiary alicyclic amines) is 1. The van der Waals surface area contributed by atoms with Crippen LogP contribution < -0.4 is 5.32 Å². The van der Waals surface area contributed by atoms with Crippen molar-refractivity contribution in [3.8, 4) is 0 Å². The first-order valence-electron chi connectivity index (χ1n) is 8.77. The smallest absolute Gasteiger partial charge is 0.289 e. The van der Waals surface area contributed by atoms with Crippen LogP contribution in [0.2, 0.25) is 0 Å². The van der Waals surface area contributed by atoms with Crippen molar-refractivity contribution in [2.45, 2.75) is 62.6 Å². The van der Waals surface area contributed by atoms with Crippen LogP contribution in [0.4, 0.5) is 0 Å². The molecule has 0 radical (unpaired) electrons. The number of nitrogens with zero attached hydrogens (tertiary/aromatic N) is 2. The Kier molecular flexibility index (Phi) is 4.11. The second kappa shape index (κ2) is 6.24. The minimum Gasteiger partial charge on any atom is -0.438 e. The maximum Gasteiger partial charge on any atom is 0.289 e. The maximum atomic E-state index is 12.6. The highest BCUT2D eigenvalue weighted by molar-refractivity contribution is 5.93. The Bertz CT molecular complexity index is 569. The number of methoxy groups -OCH3 is 1. The monoisotopic (exact) mass is 319 g/mol. The van der Waals surface area contributed by atoms with Crippen molar-refractivity contribution < 1.29 is 13.9 Å². The van der Waals surface area contributed by atoms with Gasteiger partial charge in [-0.05, 0) is 38.5 Å². The van der Waals surface area contributed by atoms with Gasteiger partial charge in [0.15, 0.2) is 6.39 Å². The molecule has 1 aromatic heterocycles. The van der Waals surface area contributed by atoms with E-state index in [0.29, 0.717) is 23.8 Å². The van der Waals surface area contributed by atoms with Gasteiger partial charge in [0.2, 0.25) is 5.76 Å². The normalized spacial score (nSPS) is 31.6. The summed E-state index contributed by atoms with van der Waals surface area (Å²) >= 11 is 0. The summed E-state index contributed by atoms with van der Waals surface area (Å²) in [7, 11) is 1.78. The molecule has 0 aromatic carbocycles. The second-order valence-corrected chi connectivity index (χ2v) is 7.06. The van der Waals surface area contributed by atoms with E-state index in [2.05, 4.69) is 15.2 Å². The summed E-state index contributed by atoms with van der Waals surface area (Å²) in [6.45, 7) is 2.04. The molecule has 126 valence electrons. The number of aromatic nitrogens is 1. The molecule has 1 N–H and O–H groups in total. The average molecular weight is 319 g/mol. The van der Waals surface area contributed by atoms with E-state index in [0.717, 1.165) is 57.3 Å². The molecule has 0 spiro atoms. The van der Waals surface area contributed by atoms with E-state index in [1.165, 1.54) is 6.39 Å². The summed E-state index contributed by atoms with van der Waals surface area (Å²) in [5, 5.41) is 3.21. The molecule has 2 aliphatic carbocycles. The Morgan fingerprint density at radius 3 is 2.96 bits per heavy atom. The Morgan fingerprint density at radius 2 is 2.22 bits per heavy atom. The standard InChI is InChI=1S/C17H25N3O3/c1-22-12-7-8-20(9-12)14-4-2-3-13(14)19-17(21)16-15(11-5-6-11)18-10-23-16/h10-14H,2-9H2,1H3,(H,19,21)/t12?,13-,14+/m1/s1. The molecule has 6 heteroatoms. The minimum absolute atomic E-state index is 0.0937. The molecule has 3 fully saturated rings. The lowest BCUT2D eigenvalue weighted by Crippen LogP contribution is -2.48. The van der Waals surface area contributed by atoms with Gasteiger partial charge >= 0.3 is 0 Å². The van der Waals surface area contributed by atoms with E-state index in [9.17, 15) is 4.79 Å². The van der Waals surface area contributed by atoms with Crippen molar-refractivity contribution in [1.29, 1.82) is 0 Å². The largest absolute Gasteiger partial charge is 0.438 e. The average Bonchev–Trinajstić information content (AvgIpc) is 2.98. The van der Waals surface area contributed by atoms with Crippen LogP contribution >= 0.6 is 0 Å². The zero-order valence-electron chi connectivity index (χ0n) is 13.7. The highest BCUT2D eigenvalue weighted by atomic mass is 16.5. The van der Waals surface area contributed by atoms with Crippen molar-refractivity contribution >= 4 is 5.91 Å². The lowest BCUT2D eigenvalue weighted by molar-refractivity contribution is 0.0850. The third-order valence-corrected chi connectivity index (χ3v) is 5.54. The Balaban J connectivity index is 1.41. The van der Waals surface area contributed by atoms with Gasteiger partial charge in [0.1, 0.15) is 0 Å². The van der Waals surface area contributed by atoms with Gasteiger partial charge in [0, 0.05) is 38.2 Å². The molecule has 1 amide bonds. The van der Waals surface area contributed by atoms with E-state index in [1.807, 2.05) is 0 Å². The molecule has 2 heterocycles. The van der Waals surface area contributed by atoms with Crippen LogP contribution in [0.5, 0.6) is 0 Å². The van der Waals surface area contributed by atoms with Crippen LogP contribution in [0.15, 0.2) is 10.8 Å². The van der Waals surface area contributed by atoms with Crippen LogP contribution in [0.1, 0.15) is 60.7 Å². The molecule has 1 aromatic rings. The summed E-state index contributed by atoms with van der Waals surface area (Å²) < 4.78 is 10.8. The first kappa shape index (κ1) is 15.1. The molecular weight excluding hydrogens is 294 g/mol. The lowest BCUT2D eigenvalue weighted by atomic mass is 10.1. The lowest BCUT2D eigenvalue weighted by Gasteiger charge is -2.29. The van der Waals surface area contributed by atoms with E-state index >= 15 is 0 Å². The first-order chi connectivity index (χ1) is 11.3. The summed E-state index contributed by atoms with van der Waals surface area (Å²) in [5.74, 6) is 0.757. The molecule has 1 aliphatic heterocycles. The van der Waals surface area contributed by atoms with Crippen LogP contribution in [-0.4, -0.2) is 54.2 Å². The molecule has 23 heavy (non-hydrogen) atoms. The van der Waals surface area contributed by atoms with Gasteiger partial charge in [-0.3, -0.25) is 9.69 Å². The van der Waals surface area contributed by atoms with Crippen molar-refractivity contribution in [3.05, 3.63) is 17.8 Å². The number of rotatable bonds is 5. The zero-order valence-corrected chi connectivity index (χ0v) is 13.7. The van der Waals surface area contributed by atoms with Crippen LogP contribution in [-0.2, 0) is 4.74 Å². The molecule has 6 nitrogen and oxygen atoms in total. The van der Waals surface area contributed by atoms with E-state index in [1.54, 1.807) is 7.11 Å². The van der Waals surface area contributed by atoms with Crippen molar-refractivity contribution in [1.82, 2.24) is 15.2 Å². The summed E-state index contributed by atoms with van der Waals surface area (Å²) in [6.07, 6.45) is 8.40. The molecule has 1 unspecified atom stereocenters. The number of amides is 1. The number of carbonyl (C=O) groups is 1. The quantitative estimate of drug-likeness (QED) is 0.898. The predicted molar refractivity (Wildman–Crippen MR) is 84.4 cm³/mol. The van der Waals surface area contributed by atoms with Crippen molar-refractivity contribution in [2.75, 3.05) is 20.2 Å².